The molecule has 0 spiro atoms. The predicted molar refractivity (Wildman–Crippen MR) is 131 cm³/mol. The summed E-state index contributed by atoms with van der Waals surface area (Å²) in [6.45, 7) is 3.63. The molecule has 0 saturated carbocycles. The molecular weight excluding hydrogens is 450 g/mol. The van der Waals surface area contributed by atoms with Gasteiger partial charge in [0.15, 0.2) is 23.0 Å². The molecule has 35 heavy (non-hydrogen) atoms. The Morgan fingerprint density at radius 1 is 0.857 bits per heavy atom. The van der Waals surface area contributed by atoms with Gasteiger partial charge in [0.2, 0.25) is 5.91 Å². The quantitative estimate of drug-likeness (QED) is 0.711. The summed E-state index contributed by atoms with van der Waals surface area (Å²) in [5.74, 6) is 2.58. The molecule has 8 heteroatoms. The van der Waals surface area contributed by atoms with E-state index in [1.54, 1.807) is 28.4 Å². The number of amides is 1. The highest BCUT2D eigenvalue weighted by Crippen LogP contribution is 2.56. The van der Waals surface area contributed by atoms with Gasteiger partial charge in [0.1, 0.15) is 5.78 Å². The van der Waals surface area contributed by atoms with Crippen molar-refractivity contribution < 1.29 is 33.6 Å². The van der Waals surface area contributed by atoms with Crippen LogP contribution in [0.1, 0.15) is 49.7 Å². The van der Waals surface area contributed by atoms with E-state index in [1.807, 2.05) is 29.2 Å². The van der Waals surface area contributed by atoms with Gasteiger partial charge in [-0.1, -0.05) is 0 Å². The van der Waals surface area contributed by atoms with Crippen LogP contribution in [-0.2, 0) is 9.59 Å². The molecule has 4 atom stereocenters. The third kappa shape index (κ3) is 4.20. The second kappa shape index (κ2) is 9.77. The normalized spacial score (nSPS) is 23.6. The molecule has 2 heterocycles. The summed E-state index contributed by atoms with van der Waals surface area (Å²) in [4.78, 5) is 23.8. The molecular formula is C27H33NO7. The first kappa shape index (κ1) is 24.9. The molecule has 0 radical (unpaired) electrons. The number of nitrogens with zero attached hydrogens (tertiary/aromatic N) is 1. The Balaban J connectivity index is 0.000000672. The zero-order chi connectivity index (χ0) is 25.4. The predicted octanol–water partition coefficient (Wildman–Crippen LogP) is 3.53. The zero-order valence-corrected chi connectivity index (χ0v) is 21.1. The number of ketones is 1. The number of aliphatic hydroxyl groups excluding tert-OH is 1. The van der Waals surface area contributed by atoms with E-state index >= 15 is 0 Å². The molecule has 2 aromatic rings. The van der Waals surface area contributed by atoms with E-state index in [-0.39, 0.29) is 29.6 Å². The Hall–Kier alpha value is -3.26. The van der Waals surface area contributed by atoms with E-state index in [2.05, 4.69) is 0 Å². The molecule has 5 rings (SSSR count). The Morgan fingerprint density at radius 3 is 1.83 bits per heavy atom. The van der Waals surface area contributed by atoms with Crippen LogP contribution in [0.3, 0.4) is 0 Å². The number of carbonyl (C=O) groups is 2. The minimum atomic E-state index is -0.664. The Kier molecular flexibility index (Phi) is 6.94. The van der Waals surface area contributed by atoms with Crippen molar-refractivity contribution in [2.75, 3.05) is 35.0 Å². The summed E-state index contributed by atoms with van der Waals surface area (Å²) < 4.78 is 22.3. The molecule has 2 fully saturated rings. The van der Waals surface area contributed by atoms with Gasteiger partial charge >= 0.3 is 0 Å². The standard InChI is InChI=1S/C24H27NO6.C3H6O/c1-28-18-7-12-13-8-19(29-2)21(31-4)10-15(13)23-16(14(12)9-20(18)30-3)11-25-17(24(23)27)5-6-22(25)26;1-3(2)4/h7-10,16-17,23-24,27H,5-6,11H2,1-4H3;1-2H3/t16-,17+,23+,24+;/m1./s1. The monoisotopic (exact) mass is 483 g/mol. The van der Waals surface area contributed by atoms with Crippen LogP contribution in [0.5, 0.6) is 23.0 Å². The highest BCUT2D eigenvalue weighted by atomic mass is 16.5. The molecule has 2 saturated heterocycles. The third-order valence-electron chi connectivity index (χ3n) is 7.12. The maximum atomic E-state index is 12.5. The number of ether oxygens (including phenoxy) is 4. The van der Waals surface area contributed by atoms with Crippen LogP contribution in [0.15, 0.2) is 24.3 Å². The van der Waals surface area contributed by atoms with Crippen molar-refractivity contribution in [3.8, 4) is 34.1 Å². The van der Waals surface area contributed by atoms with E-state index < -0.39 is 6.10 Å². The summed E-state index contributed by atoms with van der Waals surface area (Å²) in [6, 6.07) is 7.74. The molecule has 2 aromatic carbocycles. The van der Waals surface area contributed by atoms with E-state index in [1.165, 1.54) is 13.8 Å². The average molecular weight is 484 g/mol. The second-order valence-corrected chi connectivity index (χ2v) is 9.27. The lowest BCUT2D eigenvalue weighted by molar-refractivity contribution is -0.133. The first-order chi connectivity index (χ1) is 16.7. The van der Waals surface area contributed by atoms with Crippen molar-refractivity contribution in [3.63, 3.8) is 0 Å². The van der Waals surface area contributed by atoms with Crippen molar-refractivity contribution in [1.82, 2.24) is 4.90 Å². The van der Waals surface area contributed by atoms with Crippen LogP contribution >= 0.6 is 0 Å². The molecule has 8 nitrogen and oxygen atoms in total. The van der Waals surface area contributed by atoms with Gasteiger partial charge in [0.25, 0.3) is 0 Å². The lowest BCUT2D eigenvalue weighted by Gasteiger charge is -2.48. The summed E-state index contributed by atoms with van der Waals surface area (Å²) in [5.41, 5.74) is 4.02. The fourth-order valence-corrected chi connectivity index (χ4v) is 5.68. The van der Waals surface area contributed by atoms with Gasteiger partial charge in [-0.25, -0.2) is 0 Å². The van der Waals surface area contributed by atoms with Gasteiger partial charge in [-0.15, -0.1) is 0 Å². The number of rotatable bonds is 4. The van der Waals surface area contributed by atoms with Crippen LogP contribution in [0, 0.1) is 0 Å². The SMILES string of the molecule is CC(C)=O.COc1cc2c(cc1OC)[C@@H]1[C@@H](O)[C@@H]3CCC(=O)N3C[C@@H]1c1cc(OC)c(OC)cc1-2. The fraction of sp³-hybridized carbons (Fsp3) is 0.481. The van der Waals surface area contributed by atoms with Gasteiger partial charge < -0.3 is 33.7 Å². The topological polar surface area (TPSA) is 94.5 Å². The molecule has 2 aliphatic heterocycles. The number of carbonyl (C=O) groups excluding carboxylic acids is 2. The van der Waals surface area contributed by atoms with Gasteiger partial charge in [-0.05, 0) is 66.8 Å². The molecule has 188 valence electrons. The molecule has 1 N–H and O–H groups in total. The van der Waals surface area contributed by atoms with Crippen LogP contribution in [0.2, 0.25) is 0 Å². The Labute approximate surface area is 205 Å². The molecule has 1 aliphatic carbocycles. The average Bonchev–Trinajstić information content (AvgIpc) is 3.22. The van der Waals surface area contributed by atoms with E-state index in [9.17, 15) is 14.7 Å². The van der Waals surface area contributed by atoms with E-state index in [4.69, 9.17) is 18.9 Å². The number of aliphatic hydroxyl groups is 1. The molecule has 0 unspecified atom stereocenters. The van der Waals surface area contributed by atoms with Gasteiger partial charge in [-0.3, -0.25) is 4.79 Å². The van der Waals surface area contributed by atoms with Crippen molar-refractivity contribution in [2.45, 2.75) is 50.7 Å². The number of benzene rings is 2. The third-order valence-corrected chi connectivity index (χ3v) is 7.12. The van der Waals surface area contributed by atoms with Gasteiger partial charge in [0.05, 0.1) is 40.6 Å². The van der Waals surface area contributed by atoms with Crippen LogP contribution in [0.4, 0.5) is 0 Å². The smallest absolute Gasteiger partial charge is 0.223 e. The number of Topliss-reactive ketones (excluding diaryl/α,β-unsaturated/α-hetero) is 1. The van der Waals surface area contributed by atoms with Crippen molar-refractivity contribution in [2.24, 2.45) is 0 Å². The second-order valence-electron chi connectivity index (χ2n) is 9.27. The minimum absolute atomic E-state index is 0.0614. The minimum Gasteiger partial charge on any atom is -0.493 e. The lowest BCUT2D eigenvalue weighted by atomic mass is 9.65. The van der Waals surface area contributed by atoms with E-state index in [0.29, 0.717) is 42.4 Å². The van der Waals surface area contributed by atoms with Gasteiger partial charge in [-0.2, -0.15) is 0 Å². The Morgan fingerprint density at radius 2 is 1.31 bits per heavy atom. The number of piperidine rings is 1. The lowest BCUT2D eigenvalue weighted by Crippen LogP contribution is -2.53. The maximum Gasteiger partial charge on any atom is 0.223 e. The largest absolute Gasteiger partial charge is 0.493 e. The maximum absolute atomic E-state index is 12.5. The summed E-state index contributed by atoms with van der Waals surface area (Å²) in [7, 11) is 6.45. The molecule has 1 amide bonds. The van der Waals surface area contributed by atoms with E-state index in [0.717, 1.165) is 22.3 Å². The number of fused-ring (bicyclic) bond motifs is 7. The fourth-order valence-electron chi connectivity index (χ4n) is 5.68. The highest BCUT2D eigenvalue weighted by Gasteiger charge is 2.51. The van der Waals surface area contributed by atoms with Gasteiger partial charge in [0, 0.05) is 24.8 Å². The van der Waals surface area contributed by atoms with Crippen LogP contribution in [-0.4, -0.2) is 68.8 Å². The van der Waals surface area contributed by atoms with Crippen LogP contribution in [0.25, 0.3) is 11.1 Å². The molecule has 0 aromatic heterocycles. The van der Waals surface area contributed by atoms with Crippen molar-refractivity contribution in [3.05, 3.63) is 35.4 Å². The highest BCUT2D eigenvalue weighted by molar-refractivity contribution is 5.83. The number of methoxy groups -OCH3 is 4. The molecule has 3 aliphatic rings. The first-order valence-corrected chi connectivity index (χ1v) is 11.7. The first-order valence-electron chi connectivity index (χ1n) is 11.7. The number of hydrogen-bond acceptors (Lipinski definition) is 7. The summed E-state index contributed by atoms with van der Waals surface area (Å²) >= 11 is 0. The molecule has 0 bridgehead atoms. The van der Waals surface area contributed by atoms with Crippen molar-refractivity contribution >= 4 is 11.7 Å². The zero-order valence-electron chi connectivity index (χ0n) is 21.1. The van der Waals surface area contributed by atoms with Crippen LogP contribution < -0.4 is 18.9 Å². The van der Waals surface area contributed by atoms with Crippen molar-refractivity contribution in [1.29, 1.82) is 0 Å². The number of hydrogen-bond donors (Lipinski definition) is 1. The Bertz CT molecular complexity index is 1140. The summed E-state index contributed by atoms with van der Waals surface area (Å²) in [6.07, 6.45) is 0.506. The summed E-state index contributed by atoms with van der Waals surface area (Å²) in [5, 5.41) is 11.5.